The number of aromatic amines is 1. The van der Waals surface area contributed by atoms with Gasteiger partial charge in [0.2, 0.25) is 0 Å². The molecular weight excluding hydrogens is 260 g/mol. The molecule has 4 heteroatoms. The third-order valence-corrected chi connectivity index (χ3v) is 4.93. The Morgan fingerprint density at radius 2 is 1.86 bits per heavy atom. The van der Waals surface area contributed by atoms with E-state index in [4.69, 9.17) is 0 Å². The van der Waals surface area contributed by atoms with Gasteiger partial charge in [0.15, 0.2) is 0 Å². The third kappa shape index (κ3) is 3.21. The highest BCUT2D eigenvalue weighted by atomic mass is 15.1. The number of rotatable bonds is 5. The number of benzene rings is 1. The standard InChI is InChI=1S/C17H24N4/c1-2-12(1)10-18-14-3-5-15(6-4-14)20-16-7-8-17-13(9-16)11-19-21-17/h7-9,11-12,14-15,18,20H,1-6,10H2,(H,19,21)/t14-,15+. The van der Waals surface area contributed by atoms with Crippen molar-refractivity contribution in [3.63, 3.8) is 0 Å². The van der Waals surface area contributed by atoms with Crippen molar-refractivity contribution in [2.75, 3.05) is 11.9 Å². The number of hydrogen-bond donors (Lipinski definition) is 3. The van der Waals surface area contributed by atoms with Crippen molar-refractivity contribution in [2.45, 2.75) is 50.6 Å². The predicted octanol–water partition coefficient (Wildman–Crippen LogP) is 3.29. The van der Waals surface area contributed by atoms with Gasteiger partial charge in [-0.15, -0.1) is 0 Å². The first-order valence-corrected chi connectivity index (χ1v) is 8.30. The molecule has 112 valence electrons. The summed E-state index contributed by atoms with van der Waals surface area (Å²) in [6.45, 7) is 1.25. The molecule has 21 heavy (non-hydrogen) atoms. The van der Waals surface area contributed by atoms with E-state index in [9.17, 15) is 0 Å². The molecule has 4 nitrogen and oxygen atoms in total. The summed E-state index contributed by atoms with van der Waals surface area (Å²) in [6, 6.07) is 7.81. The molecule has 0 saturated heterocycles. The van der Waals surface area contributed by atoms with Crippen LogP contribution in [0.4, 0.5) is 5.69 Å². The number of anilines is 1. The van der Waals surface area contributed by atoms with Crippen LogP contribution in [0.1, 0.15) is 38.5 Å². The van der Waals surface area contributed by atoms with Gasteiger partial charge in [0.1, 0.15) is 0 Å². The lowest BCUT2D eigenvalue weighted by Gasteiger charge is -2.30. The normalized spacial score (nSPS) is 26.1. The first-order chi connectivity index (χ1) is 10.4. The summed E-state index contributed by atoms with van der Waals surface area (Å²) < 4.78 is 0. The van der Waals surface area contributed by atoms with Gasteiger partial charge in [-0.05, 0) is 69.2 Å². The van der Waals surface area contributed by atoms with Gasteiger partial charge < -0.3 is 10.6 Å². The molecule has 1 aromatic carbocycles. The van der Waals surface area contributed by atoms with Crippen molar-refractivity contribution in [2.24, 2.45) is 5.92 Å². The van der Waals surface area contributed by atoms with Crippen LogP contribution in [0.5, 0.6) is 0 Å². The molecule has 2 saturated carbocycles. The van der Waals surface area contributed by atoms with E-state index in [1.165, 1.54) is 56.1 Å². The lowest BCUT2D eigenvalue weighted by atomic mass is 9.91. The molecule has 2 aliphatic carbocycles. The second-order valence-electron chi connectivity index (χ2n) is 6.72. The van der Waals surface area contributed by atoms with Crippen LogP contribution < -0.4 is 10.6 Å². The average molecular weight is 284 g/mol. The van der Waals surface area contributed by atoms with E-state index in [0.717, 1.165) is 17.5 Å². The zero-order chi connectivity index (χ0) is 14.1. The Morgan fingerprint density at radius 1 is 1.05 bits per heavy atom. The van der Waals surface area contributed by atoms with Crippen LogP contribution in [0.2, 0.25) is 0 Å². The first kappa shape index (κ1) is 13.1. The topological polar surface area (TPSA) is 52.7 Å². The van der Waals surface area contributed by atoms with Gasteiger partial charge >= 0.3 is 0 Å². The molecule has 0 radical (unpaired) electrons. The first-order valence-electron chi connectivity index (χ1n) is 8.30. The van der Waals surface area contributed by atoms with Gasteiger partial charge in [-0.25, -0.2) is 0 Å². The van der Waals surface area contributed by atoms with Gasteiger partial charge in [-0.3, -0.25) is 5.10 Å². The average Bonchev–Trinajstić information content (AvgIpc) is 3.23. The summed E-state index contributed by atoms with van der Waals surface area (Å²) >= 11 is 0. The minimum absolute atomic E-state index is 0.619. The summed E-state index contributed by atoms with van der Waals surface area (Å²) in [5, 5.41) is 15.7. The van der Waals surface area contributed by atoms with Gasteiger partial charge in [0.05, 0.1) is 11.7 Å². The smallest absolute Gasteiger partial charge is 0.0651 e. The van der Waals surface area contributed by atoms with E-state index in [0.29, 0.717) is 6.04 Å². The van der Waals surface area contributed by atoms with Gasteiger partial charge in [0, 0.05) is 23.2 Å². The lowest BCUT2D eigenvalue weighted by molar-refractivity contribution is 0.350. The van der Waals surface area contributed by atoms with E-state index in [-0.39, 0.29) is 0 Å². The number of aromatic nitrogens is 2. The molecule has 0 amide bonds. The largest absolute Gasteiger partial charge is 0.382 e. The van der Waals surface area contributed by atoms with Crippen molar-refractivity contribution in [1.29, 1.82) is 0 Å². The van der Waals surface area contributed by atoms with Crippen LogP contribution in [0.25, 0.3) is 10.9 Å². The summed E-state index contributed by atoms with van der Waals surface area (Å²) in [5.41, 5.74) is 2.33. The zero-order valence-corrected chi connectivity index (χ0v) is 12.4. The van der Waals surface area contributed by atoms with E-state index in [1.807, 2.05) is 6.20 Å². The Kier molecular flexibility index (Phi) is 3.55. The van der Waals surface area contributed by atoms with Gasteiger partial charge in [0.25, 0.3) is 0 Å². The zero-order valence-electron chi connectivity index (χ0n) is 12.4. The number of hydrogen-bond acceptors (Lipinski definition) is 3. The number of nitrogens with one attached hydrogen (secondary N) is 3. The molecular formula is C17H24N4. The molecule has 0 atom stereocenters. The molecule has 0 aliphatic heterocycles. The second kappa shape index (κ2) is 5.68. The van der Waals surface area contributed by atoms with Crippen LogP contribution in [0, 0.1) is 5.92 Å². The quantitative estimate of drug-likeness (QED) is 0.789. The van der Waals surface area contributed by atoms with E-state index in [1.54, 1.807) is 0 Å². The fourth-order valence-electron chi connectivity index (χ4n) is 3.37. The molecule has 3 N–H and O–H groups in total. The fraction of sp³-hybridized carbons (Fsp3) is 0.588. The Balaban J connectivity index is 1.29. The monoisotopic (exact) mass is 284 g/mol. The summed E-state index contributed by atoms with van der Waals surface area (Å²) in [5.74, 6) is 0.988. The number of nitrogens with zero attached hydrogens (tertiary/aromatic N) is 1. The lowest BCUT2D eigenvalue weighted by Crippen LogP contribution is -2.37. The summed E-state index contributed by atoms with van der Waals surface area (Å²) in [7, 11) is 0. The molecule has 2 aliphatic rings. The van der Waals surface area contributed by atoms with E-state index < -0.39 is 0 Å². The van der Waals surface area contributed by atoms with Crippen LogP contribution >= 0.6 is 0 Å². The highest BCUT2D eigenvalue weighted by Crippen LogP contribution is 2.29. The molecule has 0 spiro atoms. The second-order valence-corrected chi connectivity index (χ2v) is 6.72. The number of fused-ring (bicyclic) bond motifs is 1. The SMILES string of the molecule is c1cc2[nH]ncc2cc1N[C@H]1CC[C@@H](NCC2CC2)CC1. The van der Waals surface area contributed by atoms with Crippen LogP contribution in [-0.2, 0) is 0 Å². The maximum absolute atomic E-state index is 4.08. The Bertz CT molecular complexity index is 594. The minimum Gasteiger partial charge on any atom is -0.382 e. The van der Waals surface area contributed by atoms with Crippen LogP contribution in [0.3, 0.4) is 0 Å². The van der Waals surface area contributed by atoms with E-state index in [2.05, 4.69) is 39.0 Å². The highest BCUT2D eigenvalue weighted by molar-refractivity contribution is 5.81. The van der Waals surface area contributed by atoms with Crippen molar-refractivity contribution in [1.82, 2.24) is 15.5 Å². The molecule has 1 heterocycles. The van der Waals surface area contributed by atoms with Gasteiger partial charge in [-0.2, -0.15) is 5.10 Å². The van der Waals surface area contributed by atoms with Crippen LogP contribution in [-0.4, -0.2) is 28.8 Å². The van der Waals surface area contributed by atoms with Gasteiger partial charge in [-0.1, -0.05) is 0 Å². The molecule has 0 unspecified atom stereocenters. The van der Waals surface area contributed by atoms with E-state index >= 15 is 0 Å². The van der Waals surface area contributed by atoms with Crippen molar-refractivity contribution in [3.05, 3.63) is 24.4 Å². The highest BCUT2D eigenvalue weighted by Gasteiger charge is 2.25. The summed E-state index contributed by atoms with van der Waals surface area (Å²) in [6.07, 6.45) is 9.92. The number of H-pyrrole nitrogens is 1. The predicted molar refractivity (Wildman–Crippen MR) is 86.5 cm³/mol. The molecule has 0 bridgehead atoms. The van der Waals surface area contributed by atoms with Crippen LogP contribution in [0.15, 0.2) is 24.4 Å². The third-order valence-electron chi connectivity index (χ3n) is 4.93. The molecule has 4 rings (SSSR count). The summed E-state index contributed by atoms with van der Waals surface area (Å²) in [4.78, 5) is 0. The van der Waals surface area contributed by atoms with Crippen molar-refractivity contribution in [3.8, 4) is 0 Å². The molecule has 1 aromatic heterocycles. The maximum Gasteiger partial charge on any atom is 0.0651 e. The Hall–Kier alpha value is -1.55. The molecule has 2 fully saturated rings. The Labute approximate surface area is 125 Å². The molecule has 2 aromatic rings. The van der Waals surface area contributed by atoms with Crippen molar-refractivity contribution >= 4 is 16.6 Å². The Morgan fingerprint density at radius 3 is 2.67 bits per heavy atom. The minimum atomic E-state index is 0.619. The van der Waals surface area contributed by atoms with Crippen molar-refractivity contribution < 1.29 is 0 Å². The maximum atomic E-state index is 4.08. The fourth-order valence-corrected chi connectivity index (χ4v) is 3.37.